The van der Waals surface area contributed by atoms with E-state index in [1.54, 1.807) is 12.1 Å². The molecule has 0 spiro atoms. The minimum Gasteiger partial charge on any atom is -0.493 e. The molecule has 3 aromatic rings. The summed E-state index contributed by atoms with van der Waals surface area (Å²) in [5.74, 6) is 1.41. The van der Waals surface area contributed by atoms with Gasteiger partial charge >= 0.3 is 6.09 Å². The van der Waals surface area contributed by atoms with Gasteiger partial charge in [-0.1, -0.05) is 24.3 Å². The molecule has 0 saturated heterocycles. The summed E-state index contributed by atoms with van der Waals surface area (Å²) in [5.41, 5.74) is 3.17. The van der Waals surface area contributed by atoms with E-state index in [9.17, 15) is 9.59 Å². The van der Waals surface area contributed by atoms with Crippen LogP contribution in [0.4, 0.5) is 4.79 Å². The maximum atomic E-state index is 10.7. The maximum absolute atomic E-state index is 10.7. The van der Waals surface area contributed by atoms with E-state index < -0.39 is 6.09 Å². The molecule has 1 heterocycles. The lowest BCUT2D eigenvalue weighted by atomic mass is 10.1. The van der Waals surface area contributed by atoms with Crippen molar-refractivity contribution in [3.63, 3.8) is 0 Å². The molecule has 128 valence electrons. The SMILES string of the molecule is O=Cc1ccc(-c2nc3ccc(OCCCNC(=O)O)cc3[nH]2)cc1. The Hall–Kier alpha value is -3.35. The minimum absolute atomic E-state index is 0.350. The second-order valence-corrected chi connectivity index (χ2v) is 5.44. The summed E-state index contributed by atoms with van der Waals surface area (Å²) in [6.07, 6.45) is 0.354. The molecule has 0 radical (unpaired) electrons. The van der Waals surface area contributed by atoms with Crippen molar-refractivity contribution in [1.29, 1.82) is 0 Å². The smallest absolute Gasteiger partial charge is 0.404 e. The number of carbonyl (C=O) groups is 2. The zero-order valence-corrected chi connectivity index (χ0v) is 13.4. The molecule has 7 heteroatoms. The van der Waals surface area contributed by atoms with Crippen LogP contribution in [0, 0.1) is 0 Å². The second kappa shape index (κ2) is 7.48. The van der Waals surface area contributed by atoms with Crippen molar-refractivity contribution >= 4 is 23.4 Å². The molecule has 3 rings (SSSR count). The number of benzene rings is 2. The van der Waals surface area contributed by atoms with Crippen molar-refractivity contribution in [1.82, 2.24) is 15.3 Å². The van der Waals surface area contributed by atoms with Gasteiger partial charge in [-0.3, -0.25) is 4.79 Å². The van der Waals surface area contributed by atoms with Crippen molar-refractivity contribution in [2.75, 3.05) is 13.2 Å². The lowest BCUT2D eigenvalue weighted by molar-refractivity contribution is 0.112. The predicted octanol–water partition coefficient (Wildman–Crippen LogP) is 3.08. The minimum atomic E-state index is -1.03. The Kier molecular flexibility index (Phi) is 4.94. The largest absolute Gasteiger partial charge is 0.493 e. The summed E-state index contributed by atoms with van der Waals surface area (Å²) >= 11 is 0. The van der Waals surface area contributed by atoms with Crippen LogP contribution in [0.1, 0.15) is 16.8 Å². The van der Waals surface area contributed by atoms with Gasteiger partial charge < -0.3 is 20.1 Å². The van der Waals surface area contributed by atoms with E-state index in [1.165, 1.54) is 0 Å². The van der Waals surface area contributed by atoms with Crippen LogP contribution in [0.25, 0.3) is 22.4 Å². The molecular weight excluding hydrogens is 322 g/mol. The first-order valence-corrected chi connectivity index (χ1v) is 7.81. The zero-order valence-electron chi connectivity index (χ0n) is 13.4. The van der Waals surface area contributed by atoms with E-state index in [0.29, 0.717) is 30.9 Å². The topological polar surface area (TPSA) is 104 Å². The van der Waals surface area contributed by atoms with Crippen LogP contribution in [0.2, 0.25) is 0 Å². The van der Waals surface area contributed by atoms with Crippen molar-refractivity contribution in [3.8, 4) is 17.1 Å². The van der Waals surface area contributed by atoms with Gasteiger partial charge in [0.15, 0.2) is 0 Å². The first-order valence-electron chi connectivity index (χ1n) is 7.81. The molecule has 2 aromatic carbocycles. The zero-order chi connectivity index (χ0) is 17.6. The van der Waals surface area contributed by atoms with E-state index in [2.05, 4.69) is 15.3 Å². The monoisotopic (exact) mass is 339 g/mol. The highest BCUT2D eigenvalue weighted by molar-refractivity contribution is 5.81. The van der Waals surface area contributed by atoms with Gasteiger partial charge in [-0.15, -0.1) is 0 Å². The van der Waals surface area contributed by atoms with Crippen molar-refractivity contribution in [3.05, 3.63) is 48.0 Å². The van der Waals surface area contributed by atoms with E-state index in [4.69, 9.17) is 9.84 Å². The average Bonchev–Trinajstić information content (AvgIpc) is 3.04. The van der Waals surface area contributed by atoms with Crippen LogP contribution in [0.3, 0.4) is 0 Å². The average molecular weight is 339 g/mol. The van der Waals surface area contributed by atoms with Gasteiger partial charge in [0.1, 0.15) is 17.9 Å². The summed E-state index contributed by atoms with van der Waals surface area (Å²) in [6.45, 7) is 0.766. The lowest BCUT2D eigenvalue weighted by Gasteiger charge is -2.05. The summed E-state index contributed by atoms with van der Waals surface area (Å²) in [7, 11) is 0. The fraction of sp³-hybridized carbons (Fsp3) is 0.167. The number of nitrogens with zero attached hydrogens (tertiary/aromatic N) is 1. The Morgan fingerprint density at radius 2 is 2.04 bits per heavy atom. The van der Waals surface area contributed by atoms with Gasteiger partial charge in [-0.2, -0.15) is 0 Å². The number of H-pyrrole nitrogens is 1. The molecule has 0 unspecified atom stereocenters. The third-order valence-corrected chi connectivity index (χ3v) is 3.64. The summed E-state index contributed by atoms with van der Waals surface area (Å²) in [4.78, 5) is 28.8. The third-order valence-electron chi connectivity index (χ3n) is 3.64. The Balaban J connectivity index is 1.68. The first-order chi connectivity index (χ1) is 12.2. The fourth-order valence-electron chi connectivity index (χ4n) is 2.39. The quantitative estimate of drug-likeness (QED) is 0.453. The number of aromatic nitrogens is 2. The number of nitrogens with one attached hydrogen (secondary N) is 2. The van der Waals surface area contributed by atoms with Gasteiger partial charge in [0.2, 0.25) is 0 Å². The van der Waals surface area contributed by atoms with Gasteiger partial charge in [0.05, 0.1) is 17.6 Å². The number of rotatable bonds is 7. The molecule has 0 aliphatic carbocycles. The normalized spacial score (nSPS) is 10.6. The molecule has 0 fully saturated rings. The molecule has 1 aromatic heterocycles. The summed E-state index contributed by atoms with van der Waals surface area (Å²) in [5, 5.41) is 10.8. The number of amides is 1. The van der Waals surface area contributed by atoms with Crippen LogP contribution in [-0.2, 0) is 0 Å². The third kappa shape index (κ3) is 4.14. The molecule has 0 saturated carbocycles. The maximum Gasteiger partial charge on any atom is 0.404 e. The van der Waals surface area contributed by atoms with Crippen molar-refractivity contribution in [2.24, 2.45) is 0 Å². The molecular formula is C18H17N3O4. The van der Waals surface area contributed by atoms with E-state index >= 15 is 0 Å². The Morgan fingerprint density at radius 3 is 2.76 bits per heavy atom. The summed E-state index contributed by atoms with van der Waals surface area (Å²) in [6, 6.07) is 12.7. The first kappa shape index (κ1) is 16.5. The Bertz CT molecular complexity index is 887. The number of carboxylic acid groups (broad SMARTS) is 1. The number of fused-ring (bicyclic) bond motifs is 1. The molecule has 0 atom stereocenters. The van der Waals surface area contributed by atoms with Gasteiger partial charge in [-0.25, -0.2) is 9.78 Å². The second-order valence-electron chi connectivity index (χ2n) is 5.44. The Labute approximate surface area is 143 Å². The highest BCUT2D eigenvalue weighted by Crippen LogP contribution is 2.24. The fourth-order valence-corrected chi connectivity index (χ4v) is 2.39. The number of carbonyl (C=O) groups excluding carboxylic acids is 1. The number of aldehydes is 1. The molecule has 25 heavy (non-hydrogen) atoms. The lowest BCUT2D eigenvalue weighted by Crippen LogP contribution is -2.23. The molecule has 7 nitrogen and oxygen atoms in total. The highest BCUT2D eigenvalue weighted by Gasteiger charge is 2.07. The van der Waals surface area contributed by atoms with Gasteiger partial charge in [0, 0.05) is 23.7 Å². The van der Waals surface area contributed by atoms with Crippen LogP contribution >= 0.6 is 0 Å². The van der Waals surface area contributed by atoms with E-state index in [-0.39, 0.29) is 0 Å². The van der Waals surface area contributed by atoms with E-state index in [0.717, 1.165) is 28.7 Å². The standard InChI is InChI=1S/C18H17N3O4/c22-11-12-2-4-13(5-3-12)17-20-15-7-6-14(10-16(15)21-17)25-9-1-8-19-18(23)24/h2-7,10-11,19H,1,8-9H2,(H,20,21)(H,23,24). The van der Waals surface area contributed by atoms with Gasteiger partial charge in [-0.05, 0) is 18.6 Å². The highest BCUT2D eigenvalue weighted by atomic mass is 16.5. The van der Waals surface area contributed by atoms with Crippen LogP contribution < -0.4 is 10.1 Å². The van der Waals surface area contributed by atoms with Crippen LogP contribution in [0.5, 0.6) is 5.75 Å². The molecule has 3 N–H and O–H groups in total. The number of aromatic amines is 1. The van der Waals surface area contributed by atoms with Crippen LogP contribution in [0.15, 0.2) is 42.5 Å². The molecule has 0 aliphatic heterocycles. The molecule has 0 bridgehead atoms. The number of hydrogen-bond acceptors (Lipinski definition) is 4. The van der Waals surface area contributed by atoms with Crippen molar-refractivity contribution < 1.29 is 19.4 Å². The summed E-state index contributed by atoms with van der Waals surface area (Å²) < 4.78 is 5.62. The van der Waals surface area contributed by atoms with Crippen molar-refractivity contribution in [2.45, 2.75) is 6.42 Å². The number of imidazole rings is 1. The van der Waals surface area contributed by atoms with E-state index in [1.807, 2.05) is 30.3 Å². The van der Waals surface area contributed by atoms with Gasteiger partial charge in [0.25, 0.3) is 0 Å². The molecule has 1 amide bonds. The number of ether oxygens (including phenoxy) is 1. The predicted molar refractivity (Wildman–Crippen MR) is 93.1 cm³/mol. The molecule has 0 aliphatic rings. The number of hydrogen-bond donors (Lipinski definition) is 3. The Morgan fingerprint density at radius 1 is 1.24 bits per heavy atom. The van der Waals surface area contributed by atoms with Crippen LogP contribution in [-0.4, -0.2) is 40.6 Å².